The highest BCUT2D eigenvalue weighted by Crippen LogP contribution is 2.28. The lowest BCUT2D eigenvalue weighted by Crippen LogP contribution is -2.12. The molecule has 0 saturated heterocycles. The van der Waals surface area contributed by atoms with Crippen molar-refractivity contribution in [2.45, 2.75) is 5.09 Å². The van der Waals surface area contributed by atoms with Crippen LogP contribution in [0.4, 0.5) is 0 Å². The van der Waals surface area contributed by atoms with Gasteiger partial charge in [0.15, 0.2) is 0 Å². The molecule has 0 aliphatic carbocycles. The fourth-order valence-corrected chi connectivity index (χ4v) is 2.17. The van der Waals surface area contributed by atoms with Crippen molar-refractivity contribution in [1.29, 1.82) is 0 Å². The van der Waals surface area contributed by atoms with E-state index in [2.05, 4.69) is 0 Å². The molecule has 0 saturated carbocycles. The average molecular weight is 258 g/mol. The summed E-state index contributed by atoms with van der Waals surface area (Å²) in [6.07, 6.45) is 1.28. The topological polar surface area (TPSA) is 73.3 Å². The summed E-state index contributed by atoms with van der Waals surface area (Å²) in [5.74, 6) is 0. The number of halogens is 1. The van der Waals surface area contributed by atoms with Gasteiger partial charge in [-0.15, -0.1) is 0 Å². The van der Waals surface area contributed by atoms with E-state index >= 15 is 0 Å². The van der Waals surface area contributed by atoms with Gasteiger partial charge in [-0.1, -0.05) is 23.7 Å². The smallest absolute Gasteiger partial charge is 0.272 e. The van der Waals surface area contributed by atoms with E-state index in [1.54, 1.807) is 30.3 Å². The number of hydrogen-bond acceptors (Lipinski definition) is 3. The lowest BCUT2D eigenvalue weighted by atomic mass is 10.1. The SMILES string of the molecule is NS(=O)(=O)c1occc1-c1ccc(Cl)cc1. The molecule has 0 aliphatic heterocycles. The quantitative estimate of drug-likeness (QED) is 0.897. The number of nitrogens with two attached hydrogens (primary N) is 1. The Kier molecular flexibility index (Phi) is 2.75. The minimum atomic E-state index is -3.85. The van der Waals surface area contributed by atoms with Crippen LogP contribution in [0.1, 0.15) is 0 Å². The summed E-state index contributed by atoms with van der Waals surface area (Å²) >= 11 is 5.74. The Morgan fingerprint density at radius 3 is 2.31 bits per heavy atom. The third kappa shape index (κ3) is 2.11. The van der Waals surface area contributed by atoms with Crippen LogP contribution in [0, 0.1) is 0 Å². The van der Waals surface area contributed by atoms with Crippen LogP contribution in [-0.2, 0) is 10.0 Å². The Bertz CT molecular complexity index is 601. The second-order valence-corrected chi connectivity index (χ2v) is 5.07. The summed E-state index contributed by atoms with van der Waals surface area (Å²) in [7, 11) is -3.85. The minimum Gasteiger partial charge on any atom is -0.451 e. The van der Waals surface area contributed by atoms with Crippen LogP contribution >= 0.6 is 11.6 Å². The molecule has 84 valence electrons. The number of hydrogen-bond donors (Lipinski definition) is 1. The number of benzene rings is 1. The number of furan rings is 1. The van der Waals surface area contributed by atoms with Crippen LogP contribution in [0.25, 0.3) is 11.1 Å². The Labute approximate surface area is 97.7 Å². The molecule has 0 fully saturated rings. The van der Waals surface area contributed by atoms with Crippen LogP contribution < -0.4 is 5.14 Å². The van der Waals surface area contributed by atoms with Crippen molar-refractivity contribution >= 4 is 21.6 Å². The maximum Gasteiger partial charge on any atom is 0.272 e. The van der Waals surface area contributed by atoms with E-state index in [0.717, 1.165) is 0 Å². The molecule has 16 heavy (non-hydrogen) atoms. The number of primary sulfonamides is 1. The molecular formula is C10H8ClNO3S. The van der Waals surface area contributed by atoms with Crippen molar-refractivity contribution in [3.05, 3.63) is 41.6 Å². The third-order valence-corrected chi connectivity index (χ3v) is 3.13. The molecule has 1 aromatic heterocycles. The fourth-order valence-electron chi connectivity index (χ4n) is 1.36. The van der Waals surface area contributed by atoms with Crippen LogP contribution in [0.5, 0.6) is 0 Å². The zero-order chi connectivity index (χ0) is 11.8. The number of rotatable bonds is 2. The van der Waals surface area contributed by atoms with Gasteiger partial charge in [0.1, 0.15) is 0 Å². The lowest BCUT2D eigenvalue weighted by Gasteiger charge is -2.00. The molecule has 6 heteroatoms. The van der Waals surface area contributed by atoms with Crippen LogP contribution in [-0.4, -0.2) is 8.42 Å². The van der Waals surface area contributed by atoms with E-state index < -0.39 is 10.0 Å². The van der Waals surface area contributed by atoms with Crippen LogP contribution in [0.2, 0.25) is 5.02 Å². The van der Waals surface area contributed by atoms with E-state index in [1.807, 2.05) is 0 Å². The first-order valence-electron chi connectivity index (χ1n) is 4.35. The Morgan fingerprint density at radius 1 is 1.12 bits per heavy atom. The largest absolute Gasteiger partial charge is 0.451 e. The summed E-state index contributed by atoms with van der Waals surface area (Å²) in [5, 5.41) is 5.35. The monoisotopic (exact) mass is 257 g/mol. The second-order valence-electron chi connectivity index (χ2n) is 3.17. The molecule has 0 unspecified atom stereocenters. The maximum absolute atomic E-state index is 11.2. The third-order valence-electron chi connectivity index (χ3n) is 2.04. The number of sulfonamides is 1. The van der Waals surface area contributed by atoms with Gasteiger partial charge in [-0.05, 0) is 23.8 Å². The molecule has 1 heterocycles. The molecule has 0 atom stereocenters. The van der Waals surface area contributed by atoms with Crippen molar-refractivity contribution in [3.8, 4) is 11.1 Å². The molecular weight excluding hydrogens is 250 g/mol. The molecule has 1 aromatic carbocycles. The lowest BCUT2D eigenvalue weighted by molar-refractivity contribution is 0.452. The van der Waals surface area contributed by atoms with Gasteiger partial charge >= 0.3 is 0 Å². The van der Waals surface area contributed by atoms with E-state index in [1.165, 1.54) is 6.26 Å². The Balaban J connectivity index is 2.58. The van der Waals surface area contributed by atoms with E-state index in [9.17, 15) is 8.42 Å². The molecule has 0 aliphatic rings. The molecule has 0 bridgehead atoms. The predicted octanol–water partition coefficient (Wildman–Crippen LogP) is 2.25. The first-order chi connectivity index (χ1) is 7.48. The Morgan fingerprint density at radius 2 is 1.75 bits per heavy atom. The molecule has 2 rings (SSSR count). The van der Waals surface area contributed by atoms with Gasteiger partial charge in [-0.25, -0.2) is 13.6 Å². The molecule has 2 N–H and O–H groups in total. The highest BCUT2D eigenvalue weighted by Gasteiger charge is 2.18. The van der Waals surface area contributed by atoms with Crippen molar-refractivity contribution in [2.24, 2.45) is 5.14 Å². The molecule has 0 amide bonds. The summed E-state index contributed by atoms with van der Waals surface area (Å²) in [6, 6.07) is 8.26. The van der Waals surface area contributed by atoms with Crippen molar-refractivity contribution in [1.82, 2.24) is 0 Å². The summed E-state index contributed by atoms with van der Waals surface area (Å²) in [6.45, 7) is 0. The fraction of sp³-hybridized carbons (Fsp3) is 0. The van der Waals surface area contributed by atoms with Crippen LogP contribution in [0.15, 0.2) is 46.1 Å². The average Bonchev–Trinajstić information content (AvgIpc) is 2.66. The van der Waals surface area contributed by atoms with Gasteiger partial charge < -0.3 is 4.42 Å². The van der Waals surface area contributed by atoms with Crippen LogP contribution in [0.3, 0.4) is 0 Å². The van der Waals surface area contributed by atoms with Crippen molar-refractivity contribution < 1.29 is 12.8 Å². The van der Waals surface area contributed by atoms with E-state index in [-0.39, 0.29) is 5.09 Å². The second kappa shape index (κ2) is 3.93. The zero-order valence-corrected chi connectivity index (χ0v) is 9.62. The van der Waals surface area contributed by atoms with Gasteiger partial charge in [0.2, 0.25) is 5.09 Å². The standard InChI is InChI=1S/C10H8ClNO3S/c11-8-3-1-7(2-4-8)9-5-6-15-10(9)16(12,13)14/h1-6H,(H2,12,13,14). The first-order valence-corrected chi connectivity index (χ1v) is 6.27. The predicted molar refractivity (Wildman–Crippen MR) is 60.5 cm³/mol. The molecule has 0 radical (unpaired) electrons. The van der Waals surface area contributed by atoms with E-state index in [0.29, 0.717) is 16.1 Å². The molecule has 2 aromatic rings. The highest BCUT2D eigenvalue weighted by atomic mass is 35.5. The Hall–Kier alpha value is -1.30. The summed E-state index contributed by atoms with van der Waals surface area (Å²) < 4.78 is 27.3. The summed E-state index contributed by atoms with van der Waals surface area (Å²) in [4.78, 5) is 0. The van der Waals surface area contributed by atoms with Gasteiger partial charge in [-0.3, -0.25) is 0 Å². The van der Waals surface area contributed by atoms with Gasteiger partial charge in [0.05, 0.1) is 6.26 Å². The minimum absolute atomic E-state index is 0.241. The normalized spacial score (nSPS) is 11.6. The molecule has 0 spiro atoms. The zero-order valence-electron chi connectivity index (χ0n) is 8.05. The van der Waals surface area contributed by atoms with Gasteiger partial charge in [0, 0.05) is 10.6 Å². The van der Waals surface area contributed by atoms with Gasteiger partial charge in [-0.2, -0.15) is 0 Å². The summed E-state index contributed by atoms with van der Waals surface area (Å²) in [5.41, 5.74) is 1.11. The van der Waals surface area contributed by atoms with Gasteiger partial charge in [0.25, 0.3) is 10.0 Å². The first kappa shape index (κ1) is 11.2. The molecule has 4 nitrogen and oxygen atoms in total. The van der Waals surface area contributed by atoms with Crippen molar-refractivity contribution in [3.63, 3.8) is 0 Å². The van der Waals surface area contributed by atoms with E-state index in [4.69, 9.17) is 21.2 Å². The highest BCUT2D eigenvalue weighted by molar-refractivity contribution is 7.89. The van der Waals surface area contributed by atoms with Crippen molar-refractivity contribution in [2.75, 3.05) is 0 Å². The maximum atomic E-state index is 11.2.